The molecule has 0 fully saturated rings. The third-order valence-corrected chi connectivity index (χ3v) is 3.35. The summed E-state index contributed by atoms with van der Waals surface area (Å²) in [5.74, 6) is -0.299. The molecule has 0 saturated heterocycles. The molecule has 0 saturated carbocycles. The van der Waals surface area contributed by atoms with Crippen molar-refractivity contribution in [3.05, 3.63) is 35.9 Å². The molecule has 0 aliphatic carbocycles. The number of carbonyl (C=O) groups is 2. The van der Waals surface area contributed by atoms with Crippen molar-refractivity contribution >= 4 is 11.8 Å². The van der Waals surface area contributed by atoms with Gasteiger partial charge >= 0.3 is 0 Å². The molecule has 110 valence electrons. The van der Waals surface area contributed by atoms with E-state index in [9.17, 15) is 9.59 Å². The van der Waals surface area contributed by atoms with Gasteiger partial charge in [-0.1, -0.05) is 37.3 Å². The second-order valence-corrected chi connectivity index (χ2v) is 5.48. The molecular weight excluding hydrogens is 252 g/mol. The first-order valence-electron chi connectivity index (χ1n) is 7.03. The molecule has 0 spiro atoms. The molecular formula is C16H24N2O2. The Labute approximate surface area is 121 Å². The van der Waals surface area contributed by atoms with Crippen LogP contribution >= 0.6 is 0 Å². The van der Waals surface area contributed by atoms with Gasteiger partial charge in [0.15, 0.2) is 0 Å². The lowest BCUT2D eigenvalue weighted by Crippen LogP contribution is -2.50. The Bertz CT molecular complexity index is 455. The minimum Gasteiger partial charge on any atom is -0.354 e. The van der Waals surface area contributed by atoms with Crippen LogP contribution in [0.4, 0.5) is 0 Å². The van der Waals surface area contributed by atoms with E-state index in [0.29, 0.717) is 6.54 Å². The Kier molecular flexibility index (Phi) is 5.74. The van der Waals surface area contributed by atoms with Gasteiger partial charge in [-0.3, -0.25) is 9.59 Å². The maximum Gasteiger partial charge on any atom is 0.242 e. The zero-order valence-electron chi connectivity index (χ0n) is 12.7. The number of amides is 2. The topological polar surface area (TPSA) is 58.2 Å². The number of nitrogens with one attached hydrogen (secondary N) is 2. The van der Waals surface area contributed by atoms with E-state index in [-0.39, 0.29) is 11.8 Å². The summed E-state index contributed by atoms with van der Waals surface area (Å²) in [6.45, 7) is 8.02. The highest BCUT2D eigenvalue weighted by Gasteiger charge is 2.31. The summed E-state index contributed by atoms with van der Waals surface area (Å²) in [6.07, 6.45) is 0.877. The van der Waals surface area contributed by atoms with E-state index in [1.165, 1.54) is 0 Å². The van der Waals surface area contributed by atoms with Gasteiger partial charge in [-0.2, -0.15) is 0 Å². The van der Waals surface area contributed by atoms with E-state index in [2.05, 4.69) is 10.6 Å². The summed E-state index contributed by atoms with van der Waals surface area (Å²) < 4.78 is 0. The van der Waals surface area contributed by atoms with Crippen LogP contribution in [0.3, 0.4) is 0 Å². The molecule has 1 rings (SSSR count). The Hall–Kier alpha value is -1.84. The highest BCUT2D eigenvalue weighted by molar-refractivity contribution is 5.92. The lowest BCUT2D eigenvalue weighted by molar-refractivity contribution is -0.131. The fourth-order valence-corrected chi connectivity index (χ4v) is 1.83. The van der Waals surface area contributed by atoms with Gasteiger partial charge in [-0.05, 0) is 32.8 Å². The van der Waals surface area contributed by atoms with Crippen LogP contribution in [-0.2, 0) is 15.0 Å². The number of benzene rings is 1. The summed E-state index contributed by atoms with van der Waals surface area (Å²) in [4.78, 5) is 24.1. The maximum atomic E-state index is 12.4. The Morgan fingerprint density at radius 1 is 1.20 bits per heavy atom. The van der Waals surface area contributed by atoms with Crippen molar-refractivity contribution in [1.82, 2.24) is 10.6 Å². The quantitative estimate of drug-likeness (QED) is 0.835. The average Bonchev–Trinajstić information content (AvgIpc) is 2.45. The van der Waals surface area contributed by atoms with Crippen molar-refractivity contribution in [1.29, 1.82) is 0 Å². The second kappa shape index (κ2) is 7.08. The van der Waals surface area contributed by atoms with Gasteiger partial charge in [0.2, 0.25) is 11.8 Å². The van der Waals surface area contributed by atoms with Crippen molar-refractivity contribution in [2.24, 2.45) is 0 Å². The fourth-order valence-electron chi connectivity index (χ4n) is 1.83. The molecule has 0 bridgehead atoms. The molecule has 1 aromatic rings. The van der Waals surface area contributed by atoms with E-state index in [1.807, 2.05) is 51.1 Å². The molecule has 20 heavy (non-hydrogen) atoms. The predicted octanol–water partition coefficient (Wildman–Crippen LogP) is 2.00. The monoisotopic (exact) mass is 276 g/mol. The third-order valence-electron chi connectivity index (χ3n) is 3.35. The molecule has 1 aromatic carbocycles. The molecule has 0 aromatic heterocycles. The summed E-state index contributed by atoms with van der Waals surface area (Å²) in [7, 11) is 0. The zero-order valence-corrected chi connectivity index (χ0v) is 12.7. The first-order valence-corrected chi connectivity index (χ1v) is 7.03. The number of hydrogen-bond donors (Lipinski definition) is 2. The largest absolute Gasteiger partial charge is 0.354 e. The van der Waals surface area contributed by atoms with Crippen LogP contribution in [0.15, 0.2) is 30.3 Å². The van der Waals surface area contributed by atoms with Crippen LogP contribution in [-0.4, -0.2) is 24.4 Å². The van der Waals surface area contributed by atoms with E-state index >= 15 is 0 Å². The highest BCUT2D eigenvalue weighted by Crippen LogP contribution is 2.23. The standard InChI is InChI=1S/C16H24N2O2/c1-5-11-17-14(19)12(2)18-15(20)16(3,4)13-9-7-6-8-10-13/h6-10,12H,5,11H2,1-4H3,(H,17,19)(H,18,20). The highest BCUT2D eigenvalue weighted by atomic mass is 16.2. The summed E-state index contributed by atoms with van der Waals surface area (Å²) >= 11 is 0. The fraction of sp³-hybridized carbons (Fsp3) is 0.500. The summed E-state index contributed by atoms with van der Waals surface area (Å²) in [6, 6.07) is 9.03. The third kappa shape index (κ3) is 4.08. The number of rotatable bonds is 6. The molecule has 4 nitrogen and oxygen atoms in total. The number of carbonyl (C=O) groups excluding carboxylic acids is 2. The normalized spacial score (nSPS) is 12.6. The zero-order chi connectivity index (χ0) is 15.2. The van der Waals surface area contributed by atoms with Crippen LogP contribution in [0.25, 0.3) is 0 Å². The van der Waals surface area contributed by atoms with E-state index in [1.54, 1.807) is 6.92 Å². The average molecular weight is 276 g/mol. The van der Waals surface area contributed by atoms with Gasteiger partial charge in [0.05, 0.1) is 5.41 Å². The molecule has 0 aliphatic heterocycles. The Morgan fingerprint density at radius 3 is 2.35 bits per heavy atom. The van der Waals surface area contributed by atoms with Gasteiger partial charge < -0.3 is 10.6 Å². The molecule has 2 amide bonds. The van der Waals surface area contributed by atoms with Crippen LogP contribution in [0.1, 0.15) is 39.7 Å². The van der Waals surface area contributed by atoms with Crippen LogP contribution in [0, 0.1) is 0 Å². The van der Waals surface area contributed by atoms with Gasteiger partial charge in [0, 0.05) is 6.54 Å². The van der Waals surface area contributed by atoms with E-state index < -0.39 is 11.5 Å². The SMILES string of the molecule is CCCNC(=O)C(C)NC(=O)C(C)(C)c1ccccc1. The lowest BCUT2D eigenvalue weighted by atomic mass is 9.83. The van der Waals surface area contributed by atoms with Gasteiger partial charge in [0.1, 0.15) is 6.04 Å². The molecule has 0 aliphatic rings. The smallest absolute Gasteiger partial charge is 0.242 e. The van der Waals surface area contributed by atoms with Crippen molar-refractivity contribution in [3.63, 3.8) is 0 Å². The van der Waals surface area contributed by atoms with Crippen molar-refractivity contribution < 1.29 is 9.59 Å². The molecule has 1 atom stereocenters. The van der Waals surface area contributed by atoms with Crippen LogP contribution in [0.5, 0.6) is 0 Å². The van der Waals surface area contributed by atoms with Gasteiger partial charge in [0.25, 0.3) is 0 Å². The summed E-state index contributed by atoms with van der Waals surface area (Å²) in [5, 5.41) is 5.55. The molecule has 2 N–H and O–H groups in total. The van der Waals surface area contributed by atoms with Crippen LogP contribution in [0.2, 0.25) is 0 Å². The molecule has 0 heterocycles. The first kappa shape index (κ1) is 16.2. The minimum atomic E-state index is -0.666. The molecule has 0 radical (unpaired) electrons. The summed E-state index contributed by atoms with van der Waals surface area (Å²) in [5.41, 5.74) is 0.263. The molecule has 4 heteroatoms. The first-order chi connectivity index (χ1) is 9.39. The van der Waals surface area contributed by atoms with Gasteiger partial charge in [-0.15, -0.1) is 0 Å². The van der Waals surface area contributed by atoms with Gasteiger partial charge in [-0.25, -0.2) is 0 Å². The van der Waals surface area contributed by atoms with Crippen molar-refractivity contribution in [2.75, 3.05) is 6.54 Å². The second-order valence-electron chi connectivity index (χ2n) is 5.48. The molecule has 1 unspecified atom stereocenters. The Morgan fingerprint density at radius 2 is 1.80 bits per heavy atom. The van der Waals surface area contributed by atoms with Crippen molar-refractivity contribution in [2.45, 2.75) is 45.6 Å². The van der Waals surface area contributed by atoms with Crippen molar-refractivity contribution in [3.8, 4) is 0 Å². The Balaban J connectivity index is 2.68. The van der Waals surface area contributed by atoms with E-state index in [0.717, 1.165) is 12.0 Å². The lowest BCUT2D eigenvalue weighted by Gasteiger charge is -2.26. The predicted molar refractivity (Wildman–Crippen MR) is 80.4 cm³/mol. The maximum absolute atomic E-state index is 12.4. The minimum absolute atomic E-state index is 0.149. The van der Waals surface area contributed by atoms with Crippen LogP contribution < -0.4 is 10.6 Å². The van der Waals surface area contributed by atoms with E-state index in [4.69, 9.17) is 0 Å². The number of hydrogen-bond acceptors (Lipinski definition) is 2.